The minimum Gasteiger partial charge on any atom is -0.403 e. The van der Waals surface area contributed by atoms with Crippen LogP contribution in [0.1, 0.15) is 16.1 Å². The lowest BCUT2D eigenvalue weighted by atomic mass is 9.99. The number of fused-ring (bicyclic) bond motifs is 1. The average molecular weight is 540 g/mol. The van der Waals surface area contributed by atoms with Crippen LogP contribution in [0, 0.1) is 5.82 Å². The number of para-hydroxylation sites is 1. The fourth-order valence-corrected chi connectivity index (χ4v) is 4.51. The van der Waals surface area contributed by atoms with E-state index in [2.05, 4.69) is 9.84 Å². The van der Waals surface area contributed by atoms with Crippen LogP contribution >= 0.6 is 0 Å². The number of primary amides is 1. The van der Waals surface area contributed by atoms with Crippen LogP contribution in [0.25, 0.3) is 10.9 Å². The smallest absolute Gasteiger partial charge is 0.403 e. The van der Waals surface area contributed by atoms with Crippen LogP contribution in [-0.4, -0.2) is 70.6 Å². The molecular weight excluding hydrogens is 519 g/mol. The van der Waals surface area contributed by atoms with Crippen molar-refractivity contribution in [2.24, 2.45) is 5.73 Å². The molecule has 0 saturated carbocycles. The van der Waals surface area contributed by atoms with Crippen LogP contribution in [0.2, 0.25) is 0 Å². The molecule has 202 valence electrons. The number of methoxy groups -OCH3 is 1. The van der Waals surface area contributed by atoms with Gasteiger partial charge in [-0.05, 0) is 17.7 Å². The summed E-state index contributed by atoms with van der Waals surface area (Å²) in [5.74, 6) is -5.00. The molecular formula is C24H21F5N4O5. The molecule has 0 aliphatic carbocycles. The number of amides is 2. The van der Waals surface area contributed by atoms with Gasteiger partial charge < -0.3 is 20.1 Å². The zero-order chi connectivity index (χ0) is 27.8. The highest BCUT2D eigenvalue weighted by atomic mass is 19.4. The minimum absolute atomic E-state index is 0.0861. The van der Waals surface area contributed by atoms with E-state index in [1.165, 1.54) is 4.68 Å². The number of benzene rings is 2. The van der Waals surface area contributed by atoms with Gasteiger partial charge in [0.25, 0.3) is 5.91 Å². The van der Waals surface area contributed by atoms with Gasteiger partial charge in [0.2, 0.25) is 5.91 Å². The predicted molar refractivity (Wildman–Crippen MR) is 121 cm³/mol. The number of alkyl halides is 4. The third-order valence-corrected chi connectivity index (χ3v) is 6.11. The summed E-state index contributed by atoms with van der Waals surface area (Å²) in [6.45, 7) is -1.03. The number of rotatable bonds is 8. The highest BCUT2D eigenvalue weighted by Gasteiger charge is 2.48. The maximum Gasteiger partial charge on any atom is 0.573 e. The highest BCUT2D eigenvalue weighted by Crippen LogP contribution is 2.30. The molecule has 9 nitrogen and oxygen atoms in total. The number of aromatic nitrogens is 2. The van der Waals surface area contributed by atoms with Crippen LogP contribution in [0.5, 0.6) is 5.75 Å². The summed E-state index contributed by atoms with van der Waals surface area (Å²) in [5.41, 5.74) is 5.23. The molecule has 2 aromatic carbocycles. The standard InChI is InChI=1S/C24H21F5N4O5/c1-37-22-14(25)10-32(18(35)11-33-15-7-3-2-6-13(15)20(31-33)23(30)36)21(22)16(34)9-12-5-4-8-17(19(12)26)38-24(27,28)29/h2-8,14,21-22H,9-11H2,1H3,(H2,30,36)/t14-,21+,22+/m0/s1. The Labute approximate surface area is 211 Å². The summed E-state index contributed by atoms with van der Waals surface area (Å²) in [6.07, 6.45) is -9.11. The lowest BCUT2D eigenvalue weighted by Gasteiger charge is -2.26. The molecule has 1 saturated heterocycles. The molecule has 0 bridgehead atoms. The van der Waals surface area contributed by atoms with Crippen molar-refractivity contribution >= 4 is 28.5 Å². The molecule has 14 heteroatoms. The number of Topliss-reactive ketones (excluding diaryl/α,β-unsaturated/α-hetero) is 1. The Morgan fingerprint density at radius 2 is 1.84 bits per heavy atom. The lowest BCUT2D eigenvalue weighted by Crippen LogP contribution is -2.47. The normalized spacial score (nSPS) is 19.6. The number of hydrogen-bond donors (Lipinski definition) is 1. The van der Waals surface area contributed by atoms with Gasteiger partial charge in [-0.1, -0.05) is 30.3 Å². The highest BCUT2D eigenvalue weighted by molar-refractivity contribution is 6.04. The summed E-state index contributed by atoms with van der Waals surface area (Å²) in [4.78, 5) is 39.1. The largest absolute Gasteiger partial charge is 0.573 e. The number of carbonyl (C=O) groups is 3. The van der Waals surface area contributed by atoms with E-state index in [-0.39, 0.29) is 5.69 Å². The molecule has 1 aliphatic heterocycles. The van der Waals surface area contributed by atoms with E-state index in [1.54, 1.807) is 24.3 Å². The van der Waals surface area contributed by atoms with Crippen molar-refractivity contribution in [2.45, 2.75) is 37.6 Å². The summed E-state index contributed by atoms with van der Waals surface area (Å²) in [5, 5.41) is 4.46. The molecule has 3 aromatic rings. The maximum absolute atomic E-state index is 14.8. The Hall–Kier alpha value is -4.07. The quantitative estimate of drug-likeness (QED) is 0.439. The molecule has 0 unspecified atom stereocenters. The monoisotopic (exact) mass is 540 g/mol. The summed E-state index contributed by atoms with van der Waals surface area (Å²) in [6, 6.07) is 7.82. The second-order valence-electron chi connectivity index (χ2n) is 8.52. The minimum atomic E-state index is -5.16. The van der Waals surface area contributed by atoms with Gasteiger partial charge >= 0.3 is 6.36 Å². The first kappa shape index (κ1) is 27.0. The van der Waals surface area contributed by atoms with Gasteiger partial charge in [-0.3, -0.25) is 19.1 Å². The van der Waals surface area contributed by atoms with Gasteiger partial charge in [-0.2, -0.15) is 5.10 Å². The third kappa shape index (κ3) is 5.30. The Bertz CT molecular complexity index is 1390. The van der Waals surface area contributed by atoms with Crippen LogP contribution in [0.15, 0.2) is 42.5 Å². The number of ketones is 1. The van der Waals surface area contributed by atoms with E-state index in [1.807, 2.05) is 0 Å². The summed E-state index contributed by atoms with van der Waals surface area (Å²) < 4.78 is 77.1. The Morgan fingerprint density at radius 3 is 2.50 bits per heavy atom. The third-order valence-electron chi connectivity index (χ3n) is 6.11. The topological polar surface area (TPSA) is 117 Å². The van der Waals surface area contributed by atoms with Crippen molar-refractivity contribution in [2.75, 3.05) is 13.7 Å². The second-order valence-corrected chi connectivity index (χ2v) is 8.52. The van der Waals surface area contributed by atoms with Crippen LogP contribution in [0.4, 0.5) is 22.0 Å². The molecule has 2 N–H and O–H groups in total. The number of carbonyl (C=O) groups excluding carboxylic acids is 3. The van der Waals surface area contributed by atoms with Gasteiger partial charge in [0, 0.05) is 18.9 Å². The van der Waals surface area contributed by atoms with Gasteiger partial charge in [-0.25, -0.2) is 8.78 Å². The zero-order valence-electron chi connectivity index (χ0n) is 19.7. The van der Waals surface area contributed by atoms with Gasteiger partial charge in [0.1, 0.15) is 24.9 Å². The number of ether oxygens (including phenoxy) is 2. The number of nitrogens with zero attached hydrogens (tertiary/aromatic N) is 3. The molecule has 1 aliphatic rings. The van der Waals surface area contributed by atoms with Crippen molar-refractivity contribution in [1.82, 2.24) is 14.7 Å². The lowest BCUT2D eigenvalue weighted by molar-refractivity contribution is -0.275. The van der Waals surface area contributed by atoms with Crippen molar-refractivity contribution in [3.63, 3.8) is 0 Å². The Balaban J connectivity index is 1.60. The first-order valence-corrected chi connectivity index (χ1v) is 11.2. The molecule has 38 heavy (non-hydrogen) atoms. The van der Waals surface area contributed by atoms with Crippen molar-refractivity contribution in [3.05, 3.63) is 59.5 Å². The van der Waals surface area contributed by atoms with E-state index in [0.717, 1.165) is 30.2 Å². The molecule has 1 aromatic heterocycles. The van der Waals surface area contributed by atoms with Crippen LogP contribution in [-0.2, 0) is 27.3 Å². The molecule has 2 heterocycles. The molecule has 3 atom stereocenters. The maximum atomic E-state index is 14.8. The number of likely N-dealkylation sites (tertiary alicyclic amines) is 1. The fourth-order valence-electron chi connectivity index (χ4n) is 4.51. The first-order valence-electron chi connectivity index (χ1n) is 11.2. The van der Waals surface area contributed by atoms with E-state index < -0.39 is 78.9 Å². The Morgan fingerprint density at radius 1 is 1.13 bits per heavy atom. The zero-order valence-corrected chi connectivity index (χ0v) is 19.7. The molecule has 1 fully saturated rings. The Kier molecular flexibility index (Phi) is 7.35. The van der Waals surface area contributed by atoms with Gasteiger partial charge in [-0.15, -0.1) is 13.2 Å². The van der Waals surface area contributed by atoms with Gasteiger partial charge in [0.15, 0.2) is 23.0 Å². The van der Waals surface area contributed by atoms with Crippen LogP contribution in [0.3, 0.4) is 0 Å². The number of nitrogens with two attached hydrogens (primary N) is 1. The average Bonchev–Trinajstić information content (AvgIpc) is 3.38. The SMILES string of the molecule is CO[C@H]1[C@@H](C(=O)Cc2cccc(OC(F)(F)F)c2F)N(C(=O)Cn2nc(C(N)=O)c3ccccc32)C[C@@H]1F. The number of halogens is 5. The second kappa shape index (κ2) is 10.4. The van der Waals surface area contributed by atoms with Crippen molar-refractivity contribution in [3.8, 4) is 5.75 Å². The van der Waals surface area contributed by atoms with E-state index >= 15 is 0 Å². The van der Waals surface area contributed by atoms with Crippen molar-refractivity contribution < 1.29 is 45.8 Å². The van der Waals surface area contributed by atoms with E-state index in [0.29, 0.717) is 10.9 Å². The fraction of sp³-hybridized carbons (Fsp3) is 0.333. The summed E-state index contributed by atoms with van der Waals surface area (Å²) in [7, 11) is 1.13. The molecule has 4 rings (SSSR count). The predicted octanol–water partition coefficient (Wildman–Crippen LogP) is 2.55. The first-order chi connectivity index (χ1) is 17.9. The van der Waals surface area contributed by atoms with E-state index in [4.69, 9.17) is 10.5 Å². The number of hydrogen-bond acceptors (Lipinski definition) is 6. The van der Waals surface area contributed by atoms with Crippen LogP contribution < -0.4 is 10.5 Å². The molecule has 0 radical (unpaired) electrons. The summed E-state index contributed by atoms with van der Waals surface area (Å²) >= 11 is 0. The molecule has 0 spiro atoms. The molecule has 2 amide bonds. The van der Waals surface area contributed by atoms with Gasteiger partial charge in [0.05, 0.1) is 12.1 Å². The van der Waals surface area contributed by atoms with E-state index in [9.17, 15) is 36.3 Å². The van der Waals surface area contributed by atoms with Crippen molar-refractivity contribution in [1.29, 1.82) is 0 Å².